The summed E-state index contributed by atoms with van der Waals surface area (Å²) >= 11 is 0. The van der Waals surface area contributed by atoms with Crippen LogP contribution in [0.4, 0.5) is 11.5 Å². The topological polar surface area (TPSA) is 42.1 Å². The molecule has 3 heteroatoms. The molecular formula is C15H19N3. The van der Waals surface area contributed by atoms with Crippen molar-refractivity contribution in [3.63, 3.8) is 0 Å². The molecule has 1 aromatic carbocycles. The largest absolute Gasteiger partial charge is 0.329 e. The molecule has 0 aliphatic rings. The lowest BCUT2D eigenvalue weighted by molar-refractivity contribution is 0.991. The van der Waals surface area contributed by atoms with Crippen molar-refractivity contribution in [3.05, 3.63) is 53.2 Å². The number of nitrogens with zero attached hydrogens (tertiary/aromatic N) is 2. The Balaban J connectivity index is 2.37. The lowest BCUT2D eigenvalue weighted by Crippen LogP contribution is -2.13. The van der Waals surface area contributed by atoms with Gasteiger partial charge in [-0.3, -0.25) is 0 Å². The van der Waals surface area contributed by atoms with Crippen LogP contribution in [0.1, 0.15) is 16.8 Å². The number of anilines is 2. The van der Waals surface area contributed by atoms with E-state index in [9.17, 15) is 0 Å². The number of rotatable bonds is 3. The molecule has 2 N–H and O–H groups in total. The first-order chi connectivity index (χ1) is 8.63. The summed E-state index contributed by atoms with van der Waals surface area (Å²) in [6, 6.07) is 12.4. The molecule has 0 spiro atoms. The zero-order valence-electron chi connectivity index (χ0n) is 11.1. The second kappa shape index (κ2) is 5.19. The summed E-state index contributed by atoms with van der Waals surface area (Å²) in [5, 5.41) is 0. The quantitative estimate of drug-likeness (QED) is 0.898. The molecule has 0 saturated heterocycles. The molecule has 1 heterocycles. The fourth-order valence-corrected chi connectivity index (χ4v) is 2.04. The molecule has 0 bridgehead atoms. The second-order valence-corrected chi connectivity index (χ2v) is 4.46. The molecule has 0 atom stereocenters. The molecule has 0 fully saturated rings. The second-order valence-electron chi connectivity index (χ2n) is 4.46. The van der Waals surface area contributed by atoms with Crippen LogP contribution in [0, 0.1) is 13.8 Å². The van der Waals surface area contributed by atoms with E-state index < -0.39 is 0 Å². The number of benzene rings is 1. The average Bonchev–Trinajstić information content (AvgIpc) is 2.38. The number of aromatic nitrogens is 1. The van der Waals surface area contributed by atoms with Gasteiger partial charge in [0.2, 0.25) is 0 Å². The summed E-state index contributed by atoms with van der Waals surface area (Å²) in [4.78, 5) is 6.71. The SMILES string of the molecule is Cc1ccccc1N(C)c1ccc(CN)c(C)n1. The Labute approximate surface area is 108 Å². The van der Waals surface area contributed by atoms with Gasteiger partial charge in [-0.25, -0.2) is 4.98 Å². The van der Waals surface area contributed by atoms with Crippen molar-refractivity contribution < 1.29 is 0 Å². The monoisotopic (exact) mass is 241 g/mol. The summed E-state index contributed by atoms with van der Waals surface area (Å²) in [5.74, 6) is 0.944. The molecule has 0 amide bonds. The molecule has 0 radical (unpaired) electrons. The minimum Gasteiger partial charge on any atom is -0.329 e. The highest BCUT2D eigenvalue weighted by Gasteiger charge is 2.08. The van der Waals surface area contributed by atoms with Gasteiger partial charge in [-0.05, 0) is 37.1 Å². The Kier molecular flexibility index (Phi) is 3.63. The lowest BCUT2D eigenvalue weighted by atomic mass is 10.1. The number of pyridine rings is 1. The van der Waals surface area contributed by atoms with E-state index in [1.165, 1.54) is 11.3 Å². The Hall–Kier alpha value is -1.87. The first kappa shape index (κ1) is 12.6. The zero-order chi connectivity index (χ0) is 13.1. The highest BCUT2D eigenvalue weighted by atomic mass is 15.2. The van der Waals surface area contributed by atoms with E-state index in [0.29, 0.717) is 6.54 Å². The van der Waals surface area contributed by atoms with Crippen molar-refractivity contribution >= 4 is 11.5 Å². The van der Waals surface area contributed by atoms with Gasteiger partial charge in [-0.2, -0.15) is 0 Å². The predicted octanol–water partition coefficient (Wildman–Crippen LogP) is 2.93. The maximum absolute atomic E-state index is 5.66. The summed E-state index contributed by atoms with van der Waals surface area (Å²) < 4.78 is 0. The molecule has 0 aliphatic heterocycles. The first-order valence-corrected chi connectivity index (χ1v) is 6.09. The molecule has 94 valence electrons. The highest BCUT2D eigenvalue weighted by Crippen LogP contribution is 2.25. The Bertz CT molecular complexity index is 549. The Morgan fingerprint density at radius 2 is 1.83 bits per heavy atom. The number of hydrogen-bond acceptors (Lipinski definition) is 3. The third-order valence-corrected chi connectivity index (χ3v) is 3.22. The van der Waals surface area contributed by atoms with Crippen LogP contribution in [-0.4, -0.2) is 12.0 Å². The molecule has 2 rings (SSSR count). The molecule has 18 heavy (non-hydrogen) atoms. The smallest absolute Gasteiger partial charge is 0.132 e. The van der Waals surface area contributed by atoms with Crippen LogP contribution in [0.3, 0.4) is 0 Å². The van der Waals surface area contributed by atoms with Crippen LogP contribution in [0.2, 0.25) is 0 Å². The molecule has 2 aromatic rings. The van der Waals surface area contributed by atoms with Crippen LogP contribution in [0.25, 0.3) is 0 Å². The number of nitrogens with two attached hydrogens (primary N) is 1. The minimum atomic E-state index is 0.535. The fraction of sp³-hybridized carbons (Fsp3) is 0.267. The molecule has 3 nitrogen and oxygen atoms in total. The van der Waals surface area contributed by atoms with Gasteiger partial charge in [0.15, 0.2) is 0 Å². The van der Waals surface area contributed by atoms with Crippen LogP contribution in [0.5, 0.6) is 0 Å². The van der Waals surface area contributed by atoms with Crippen molar-refractivity contribution in [1.82, 2.24) is 4.98 Å². The number of aryl methyl sites for hydroxylation is 2. The van der Waals surface area contributed by atoms with Gasteiger partial charge in [0.25, 0.3) is 0 Å². The molecular weight excluding hydrogens is 222 g/mol. The van der Waals surface area contributed by atoms with Gasteiger partial charge in [-0.15, -0.1) is 0 Å². The standard InChI is InChI=1S/C15H19N3/c1-11-6-4-5-7-14(11)18(3)15-9-8-13(10-16)12(2)17-15/h4-9H,10,16H2,1-3H3. The minimum absolute atomic E-state index is 0.535. The van der Waals surface area contributed by atoms with Crippen LogP contribution < -0.4 is 10.6 Å². The van der Waals surface area contributed by atoms with Crippen molar-refractivity contribution in [2.75, 3.05) is 11.9 Å². The molecule has 0 aliphatic carbocycles. The van der Waals surface area contributed by atoms with Crippen LogP contribution in [0.15, 0.2) is 36.4 Å². The van der Waals surface area contributed by atoms with E-state index in [-0.39, 0.29) is 0 Å². The number of hydrogen-bond donors (Lipinski definition) is 1. The van der Waals surface area contributed by atoms with E-state index in [0.717, 1.165) is 17.1 Å². The summed E-state index contributed by atoms with van der Waals surface area (Å²) in [5.41, 5.74) is 10.2. The van der Waals surface area contributed by atoms with Crippen LogP contribution in [-0.2, 0) is 6.54 Å². The lowest BCUT2D eigenvalue weighted by Gasteiger charge is -2.21. The third-order valence-electron chi connectivity index (χ3n) is 3.22. The molecule has 0 unspecified atom stereocenters. The van der Waals surface area contributed by atoms with Crippen molar-refractivity contribution in [2.24, 2.45) is 5.73 Å². The van der Waals surface area contributed by atoms with Gasteiger partial charge in [0, 0.05) is 25.0 Å². The van der Waals surface area contributed by atoms with Gasteiger partial charge in [0.1, 0.15) is 5.82 Å². The van der Waals surface area contributed by atoms with E-state index in [1.54, 1.807) is 0 Å². The number of para-hydroxylation sites is 1. The first-order valence-electron chi connectivity index (χ1n) is 6.09. The summed E-state index contributed by atoms with van der Waals surface area (Å²) in [6.07, 6.45) is 0. The normalized spacial score (nSPS) is 10.4. The van der Waals surface area contributed by atoms with E-state index in [2.05, 4.69) is 28.9 Å². The maximum Gasteiger partial charge on any atom is 0.132 e. The fourth-order valence-electron chi connectivity index (χ4n) is 2.04. The Morgan fingerprint density at radius 3 is 2.44 bits per heavy atom. The van der Waals surface area contributed by atoms with Crippen molar-refractivity contribution in [1.29, 1.82) is 0 Å². The summed E-state index contributed by atoms with van der Waals surface area (Å²) in [7, 11) is 2.03. The average molecular weight is 241 g/mol. The maximum atomic E-state index is 5.66. The third kappa shape index (κ3) is 2.36. The van der Waals surface area contributed by atoms with Gasteiger partial charge in [-0.1, -0.05) is 24.3 Å². The zero-order valence-corrected chi connectivity index (χ0v) is 11.1. The van der Waals surface area contributed by atoms with Gasteiger partial charge < -0.3 is 10.6 Å². The van der Waals surface area contributed by atoms with Crippen molar-refractivity contribution in [2.45, 2.75) is 20.4 Å². The summed E-state index contributed by atoms with van der Waals surface area (Å²) in [6.45, 7) is 4.64. The predicted molar refractivity (Wildman–Crippen MR) is 76.1 cm³/mol. The van der Waals surface area contributed by atoms with E-state index >= 15 is 0 Å². The van der Waals surface area contributed by atoms with E-state index in [1.807, 2.05) is 38.2 Å². The van der Waals surface area contributed by atoms with E-state index in [4.69, 9.17) is 5.73 Å². The van der Waals surface area contributed by atoms with Crippen molar-refractivity contribution in [3.8, 4) is 0 Å². The molecule has 1 aromatic heterocycles. The highest BCUT2D eigenvalue weighted by molar-refractivity contribution is 5.63. The van der Waals surface area contributed by atoms with Gasteiger partial charge in [0.05, 0.1) is 0 Å². The Morgan fingerprint density at radius 1 is 1.11 bits per heavy atom. The molecule has 0 saturated carbocycles. The van der Waals surface area contributed by atoms with Gasteiger partial charge >= 0.3 is 0 Å². The van der Waals surface area contributed by atoms with Crippen LogP contribution >= 0.6 is 0 Å².